The van der Waals surface area contributed by atoms with Crippen molar-refractivity contribution in [2.45, 2.75) is 16.7 Å². The van der Waals surface area contributed by atoms with Gasteiger partial charge in [-0.15, -0.1) is 23.5 Å². The van der Waals surface area contributed by atoms with Gasteiger partial charge in [-0.05, 0) is 31.2 Å². The number of rotatable bonds is 7. The molecule has 2 aromatic rings. The predicted octanol–water partition coefficient (Wildman–Crippen LogP) is 4.00. The number of nitrogens with one attached hydrogen (secondary N) is 1. The molecule has 0 radical (unpaired) electrons. The van der Waals surface area contributed by atoms with Crippen molar-refractivity contribution in [1.82, 2.24) is 5.32 Å². The van der Waals surface area contributed by atoms with Crippen LogP contribution in [-0.4, -0.2) is 24.0 Å². The molecule has 1 N–H and O–H groups in total. The van der Waals surface area contributed by atoms with Crippen molar-refractivity contribution in [2.24, 2.45) is 0 Å². The molecule has 0 aliphatic carbocycles. The number of carbonyl (C=O) groups excluding carboxylic acids is 1. The molecule has 0 fully saturated rings. The molecule has 0 saturated heterocycles. The number of thioether (sulfide) groups is 2. The maximum atomic E-state index is 11.7. The van der Waals surface area contributed by atoms with Crippen molar-refractivity contribution < 1.29 is 4.79 Å². The van der Waals surface area contributed by atoms with E-state index in [1.165, 1.54) is 10.5 Å². The summed E-state index contributed by atoms with van der Waals surface area (Å²) in [7, 11) is 0. The Morgan fingerprint density at radius 1 is 0.952 bits per heavy atom. The van der Waals surface area contributed by atoms with Gasteiger partial charge in [-0.2, -0.15) is 0 Å². The van der Waals surface area contributed by atoms with Gasteiger partial charge >= 0.3 is 0 Å². The van der Waals surface area contributed by atoms with Crippen LogP contribution in [0.1, 0.15) is 5.56 Å². The monoisotopic (exact) mass is 317 g/mol. The van der Waals surface area contributed by atoms with Gasteiger partial charge in [0.15, 0.2) is 0 Å². The van der Waals surface area contributed by atoms with Gasteiger partial charge in [0.25, 0.3) is 0 Å². The lowest BCUT2D eigenvalue weighted by Crippen LogP contribution is -2.27. The van der Waals surface area contributed by atoms with Gasteiger partial charge in [0.05, 0.1) is 5.75 Å². The Hall–Kier alpha value is -1.39. The first kappa shape index (κ1) is 16.0. The summed E-state index contributed by atoms with van der Waals surface area (Å²) >= 11 is 3.33. The Morgan fingerprint density at radius 2 is 1.62 bits per heavy atom. The number of hydrogen-bond acceptors (Lipinski definition) is 3. The van der Waals surface area contributed by atoms with Gasteiger partial charge in [-0.1, -0.05) is 35.9 Å². The summed E-state index contributed by atoms with van der Waals surface area (Å²) in [5.74, 6) is 1.46. The number of hydrogen-bond donors (Lipinski definition) is 1. The molecular weight excluding hydrogens is 298 g/mol. The molecule has 0 aliphatic heterocycles. The molecule has 0 aromatic heterocycles. The molecule has 2 rings (SSSR count). The summed E-state index contributed by atoms with van der Waals surface area (Å²) in [5.41, 5.74) is 1.27. The van der Waals surface area contributed by atoms with E-state index in [0.717, 1.165) is 10.6 Å². The van der Waals surface area contributed by atoms with Crippen molar-refractivity contribution in [2.75, 3.05) is 18.1 Å². The third kappa shape index (κ3) is 6.27. The molecule has 0 atom stereocenters. The van der Waals surface area contributed by atoms with Crippen LogP contribution in [0.4, 0.5) is 0 Å². The average Bonchev–Trinajstić information content (AvgIpc) is 2.52. The average molecular weight is 317 g/mol. The van der Waals surface area contributed by atoms with Crippen LogP contribution in [-0.2, 0) is 4.79 Å². The van der Waals surface area contributed by atoms with E-state index >= 15 is 0 Å². The largest absolute Gasteiger partial charge is 0.355 e. The van der Waals surface area contributed by atoms with Crippen LogP contribution in [0.15, 0.2) is 64.4 Å². The van der Waals surface area contributed by atoms with Crippen LogP contribution in [0, 0.1) is 6.92 Å². The fraction of sp³-hybridized carbons (Fsp3) is 0.235. The number of carbonyl (C=O) groups is 1. The lowest BCUT2D eigenvalue weighted by molar-refractivity contribution is -0.118. The normalized spacial score (nSPS) is 10.3. The molecule has 21 heavy (non-hydrogen) atoms. The van der Waals surface area contributed by atoms with Crippen molar-refractivity contribution >= 4 is 29.4 Å². The zero-order valence-electron chi connectivity index (χ0n) is 12.0. The van der Waals surface area contributed by atoms with E-state index in [-0.39, 0.29) is 5.91 Å². The van der Waals surface area contributed by atoms with Gasteiger partial charge < -0.3 is 5.32 Å². The molecule has 2 aromatic carbocycles. The highest BCUT2D eigenvalue weighted by molar-refractivity contribution is 8.00. The van der Waals surface area contributed by atoms with Crippen molar-refractivity contribution in [1.29, 1.82) is 0 Å². The highest BCUT2D eigenvalue weighted by atomic mass is 32.2. The zero-order valence-corrected chi connectivity index (χ0v) is 13.7. The summed E-state index contributed by atoms with van der Waals surface area (Å²) in [5, 5.41) is 2.95. The van der Waals surface area contributed by atoms with Gasteiger partial charge in [0.1, 0.15) is 0 Å². The third-order valence-electron chi connectivity index (χ3n) is 2.83. The van der Waals surface area contributed by atoms with E-state index in [0.29, 0.717) is 12.3 Å². The van der Waals surface area contributed by atoms with Crippen LogP contribution < -0.4 is 5.32 Å². The van der Waals surface area contributed by atoms with Gasteiger partial charge in [-0.25, -0.2) is 0 Å². The molecule has 0 unspecified atom stereocenters. The number of benzene rings is 2. The topological polar surface area (TPSA) is 29.1 Å². The fourth-order valence-corrected chi connectivity index (χ4v) is 3.23. The highest BCUT2D eigenvalue weighted by Gasteiger charge is 2.02. The SMILES string of the molecule is Cc1ccc(SCCNC(=O)CSc2ccccc2)cc1. The lowest BCUT2D eigenvalue weighted by Gasteiger charge is -2.05. The second-order valence-corrected chi connectivity index (χ2v) is 6.83. The summed E-state index contributed by atoms with van der Waals surface area (Å²) in [6, 6.07) is 18.4. The fourth-order valence-electron chi connectivity index (χ4n) is 1.71. The Kier molecular flexibility index (Phi) is 6.70. The molecule has 0 spiro atoms. The molecule has 0 bridgehead atoms. The maximum Gasteiger partial charge on any atom is 0.230 e. The molecule has 0 heterocycles. The van der Waals surface area contributed by atoms with Gasteiger partial charge in [-0.3, -0.25) is 4.79 Å². The van der Waals surface area contributed by atoms with Gasteiger partial charge in [0, 0.05) is 22.1 Å². The summed E-state index contributed by atoms with van der Waals surface area (Å²) in [6.07, 6.45) is 0. The Labute approximate surface area is 134 Å². The van der Waals surface area contributed by atoms with E-state index in [2.05, 4.69) is 36.5 Å². The van der Waals surface area contributed by atoms with Crippen LogP contribution in [0.3, 0.4) is 0 Å². The minimum atomic E-state index is 0.0911. The van der Waals surface area contributed by atoms with Crippen molar-refractivity contribution in [3.05, 3.63) is 60.2 Å². The number of amides is 1. The van der Waals surface area contributed by atoms with Gasteiger partial charge in [0.2, 0.25) is 5.91 Å². The zero-order chi connectivity index (χ0) is 14.9. The minimum absolute atomic E-state index is 0.0911. The standard InChI is InChI=1S/C17H19NOS2/c1-14-7-9-16(10-8-14)20-12-11-18-17(19)13-21-15-5-3-2-4-6-15/h2-10H,11-13H2,1H3,(H,18,19). The third-order valence-corrected chi connectivity index (χ3v) is 4.85. The summed E-state index contributed by atoms with van der Waals surface area (Å²) < 4.78 is 0. The molecule has 1 amide bonds. The quantitative estimate of drug-likeness (QED) is 0.618. The molecular formula is C17H19NOS2. The van der Waals surface area contributed by atoms with Crippen LogP contribution in [0.5, 0.6) is 0 Å². The van der Waals surface area contributed by atoms with E-state index in [1.807, 2.05) is 30.3 Å². The molecule has 2 nitrogen and oxygen atoms in total. The van der Waals surface area contributed by atoms with Crippen LogP contribution in [0.2, 0.25) is 0 Å². The van der Waals surface area contributed by atoms with Crippen LogP contribution in [0.25, 0.3) is 0 Å². The first-order chi connectivity index (χ1) is 10.2. The predicted molar refractivity (Wildman–Crippen MR) is 92.1 cm³/mol. The second-order valence-electron chi connectivity index (χ2n) is 4.61. The molecule has 0 aliphatic rings. The first-order valence-electron chi connectivity index (χ1n) is 6.88. The maximum absolute atomic E-state index is 11.7. The van der Waals surface area contributed by atoms with E-state index < -0.39 is 0 Å². The molecule has 0 saturated carbocycles. The second kappa shape index (κ2) is 8.80. The van der Waals surface area contributed by atoms with Crippen molar-refractivity contribution in [3.63, 3.8) is 0 Å². The van der Waals surface area contributed by atoms with E-state index in [4.69, 9.17) is 0 Å². The summed E-state index contributed by atoms with van der Waals surface area (Å²) in [4.78, 5) is 14.1. The smallest absolute Gasteiger partial charge is 0.230 e. The Bertz CT molecular complexity index is 555. The highest BCUT2D eigenvalue weighted by Crippen LogP contribution is 2.18. The number of aryl methyl sites for hydroxylation is 1. The Balaban J connectivity index is 1.60. The van der Waals surface area contributed by atoms with E-state index in [1.54, 1.807) is 23.5 Å². The molecule has 4 heteroatoms. The summed E-state index contributed by atoms with van der Waals surface area (Å²) in [6.45, 7) is 2.78. The van der Waals surface area contributed by atoms with Crippen molar-refractivity contribution in [3.8, 4) is 0 Å². The lowest BCUT2D eigenvalue weighted by atomic mass is 10.2. The van der Waals surface area contributed by atoms with Crippen LogP contribution >= 0.6 is 23.5 Å². The van der Waals surface area contributed by atoms with E-state index in [9.17, 15) is 4.79 Å². The Morgan fingerprint density at radius 3 is 2.33 bits per heavy atom. The minimum Gasteiger partial charge on any atom is -0.355 e. The molecule has 110 valence electrons. The first-order valence-corrected chi connectivity index (χ1v) is 8.85.